The van der Waals surface area contributed by atoms with Gasteiger partial charge in [0.05, 0.1) is 5.52 Å². The summed E-state index contributed by atoms with van der Waals surface area (Å²) in [5, 5.41) is 3.89. The Morgan fingerprint density at radius 2 is 2.24 bits per heavy atom. The summed E-state index contributed by atoms with van der Waals surface area (Å²) >= 11 is 2.30. The summed E-state index contributed by atoms with van der Waals surface area (Å²) < 4.78 is 1.06. The summed E-state index contributed by atoms with van der Waals surface area (Å²) in [6.45, 7) is 0.729. The van der Waals surface area contributed by atoms with Crippen LogP contribution in [0.1, 0.15) is 16.8 Å². The van der Waals surface area contributed by atoms with E-state index in [2.05, 4.69) is 32.9 Å². The van der Waals surface area contributed by atoms with Crippen molar-refractivity contribution in [1.29, 1.82) is 0 Å². The van der Waals surface area contributed by atoms with Crippen LogP contribution in [0.4, 0.5) is 0 Å². The minimum absolute atomic E-state index is 0.0133. The van der Waals surface area contributed by atoms with Crippen LogP contribution in [0.5, 0.6) is 0 Å². The summed E-state index contributed by atoms with van der Waals surface area (Å²) in [7, 11) is 0. The molecule has 1 aromatic carbocycles. The maximum absolute atomic E-state index is 11.8. The fraction of sp³-hybridized carbons (Fsp3) is 0.231. The zero-order chi connectivity index (χ0) is 12.1. The van der Waals surface area contributed by atoms with Gasteiger partial charge in [-0.05, 0) is 30.7 Å². The van der Waals surface area contributed by atoms with E-state index in [1.165, 1.54) is 0 Å². The zero-order valence-corrected chi connectivity index (χ0v) is 11.5. The predicted octanol–water partition coefficient (Wildman–Crippen LogP) is 2.79. The first-order valence-electron chi connectivity index (χ1n) is 5.50. The number of halogens is 1. The number of carbonyl (C=O) groups excluding carboxylic acids is 1. The molecule has 4 heteroatoms. The van der Waals surface area contributed by atoms with E-state index in [0.29, 0.717) is 5.56 Å². The highest BCUT2D eigenvalue weighted by Crippen LogP contribution is 2.13. The molecular weight excluding hydrogens is 327 g/mol. The third kappa shape index (κ3) is 3.15. The Labute approximate surface area is 114 Å². The second kappa shape index (κ2) is 5.95. The van der Waals surface area contributed by atoms with E-state index in [1.807, 2.05) is 30.3 Å². The number of rotatable bonds is 4. The third-order valence-electron chi connectivity index (χ3n) is 2.46. The first-order chi connectivity index (χ1) is 8.31. The number of nitrogens with zero attached hydrogens (tertiary/aromatic N) is 1. The lowest BCUT2D eigenvalue weighted by Crippen LogP contribution is -2.24. The van der Waals surface area contributed by atoms with Gasteiger partial charge in [0.2, 0.25) is 0 Å². The maximum Gasteiger partial charge on any atom is 0.251 e. The summed E-state index contributed by atoms with van der Waals surface area (Å²) in [5.41, 5.74) is 1.61. The van der Waals surface area contributed by atoms with Crippen molar-refractivity contribution in [1.82, 2.24) is 10.3 Å². The van der Waals surface area contributed by atoms with Gasteiger partial charge in [-0.1, -0.05) is 28.7 Å². The number of benzene rings is 1. The van der Waals surface area contributed by atoms with Gasteiger partial charge < -0.3 is 5.32 Å². The Kier molecular flexibility index (Phi) is 4.30. The van der Waals surface area contributed by atoms with Crippen LogP contribution in [0.3, 0.4) is 0 Å². The molecule has 88 valence electrons. The molecule has 2 aromatic rings. The van der Waals surface area contributed by atoms with Gasteiger partial charge in [-0.2, -0.15) is 0 Å². The van der Waals surface area contributed by atoms with Crippen LogP contribution in [0.25, 0.3) is 10.9 Å². The van der Waals surface area contributed by atoms with E-state index in [0.717, 1.165) is 28.3 Å². The van der Waals surface area contributed by atoms with Crippen LogP contribution in [0, 0.1) is 0 Å². The Morgan fingerprint density at radius 1 is 1.35 bits per heavy atom. The maximum atomic E-state index is 11.8. The van der Waals surface area contributed by atoms with Crippen LogP contribution in [-0.4, -0.2) is 21.9 Å². The molecule has 0 spiro atoms. The fourth-order valence-corrected chi connectivity index (χ4v) is 1.97. The van der Waals surface area contributed by atoms with Crippen molar-refractivity contribution < 1.29 is 4.79 Å². The lowest BCUT2D eigenvalue weighted by molar-refractivity contribution is 0.0954. The van der Waals surface area contributed by atoms with E-state index in [4.69, 9.17) is 0 Å². The van der Waals surface area contributed by atoms with Gasteiger partial charge in [-0.3, -0.25) is 9.78 Å². The van der Waals surface area contributed by atoms with Gasteiger partial charge in [-0.25, -0.2) is 0 Å². The topological polar surface area (TPSA) is 42.0 Å². The van der Waals surface area contributed by atoms with Crippen LogP contribution < -0.4 is 5.32 Å². The number of hydrogen-bond acceptors (Lipinski definition) is 2. The van der Waals surface area contributed by atoms with E-state index >= 15 is 0 Å². The van der Waals surface area contributed by atoms with Gasteiger partial charge in [-0.15, -0.1) is 0 Å². The van der Waals surface area contributed by atoms with Crippen molar-refractivity contribution in [3.63, 3.8) is 0 Å². The minimum Gasteiger partial charge on any atom is -0.352 e. The molecule has 1 N–H and O–H groups in total. The molecule has 3 nitrogen and oxygen atoms in total. The van der Waals surface area contributed by atoms with Crippen molar-refractivity contribution in [2.45, 2.75) is 6.42 Å². The minimum atomic E-state index is -0.0133. The number of nitrogens with one attached hydrogen (secondary N) is 1. The second-order valence-corrected chi connectivity index (χ2v) is 4.79. The Balaban J connectivity index is 2.15. The number of hydrogen-bond donors (Lipinski definition) is 1. The average Bonchev–Trinajstić information content (AvgIpc) is 2.38. The molecule has 0 aliphatic rings. The highest BCUT2D eigenvalue weighted by Gasteiger charge is 2.05. The quantitative estimate of drug-likeness (QED) is 0.528. The molecule has 1 amide bonds. The standard InChI is InChI=1S/C13H13IN2O/c14-6-2-8-16-13(17)11-4-5-12-10(9-11)3-1-7-15-12/h1,3-5,7,9H,2,6,8H2,(H,16,17). The summed E-state index contributed by atoms with van der Waals surface area (Å²) in [4.78, 5) is 16.1. The number of carbonyl (C=O) groups is 1. The molecule has 0 bridgehead atoms. The molecule has 0 unspecified atom stereocenters. The van der Waals surface area contributed by atoms with Crippen LogP contribution in [0.2, 0.25) is 0 Å². The molecule has 1 aromatic heterocycles. The van der Waals surface area contributed by atoms with Crippen molar-refractivity contribution in [3.8, 4) is 0 Å². The zero-order valence-electron chi connectivity index (χ0n) is 9.32. The van der Waals surface area contributed by atoms with Gasteiger partial charge in [0.15, 0.2) is 0 Å². The van der Waals surface area contributed by atoms with E-state index in [-0.39, 0.29) is 5.91 Å². The van der Waals surface area contributed by atoms with E-state index in [1.54, 1.807) is 6.20 Å². The molecule has 0 saturated carbocycles. The number of aromatic nitrogens is 1. The molecule has 0 saturated heterocycles. The predicted molar refractivity (Wildman–Crippen MR) is 77.6 cm³/mol. The van der Waals surface area contributed by atoms with Crippen molar-refractivity contribution >= 4 is 39.4 Å². The molecule has 0 fully saturated rings. The number of pyridine rings is 1. The Bertz CT molecular complexity index is 528. The number of amides is 1. The van der Waals surface area contributed by atoms with E-state index < -0.39 is 0 Å². The Morgan fingerprint density at radius 3 is 3.06 bits per heavy atom. The third-order valence-corrected chi connectivity index (χ3v) is 3.22. The first-order valence-corrected chi connectivity index (χ1v) is 7.03. The van der Waals surface area contributed by atoms with Crippen LogP contribution in [-0.2, 0) is 0 Å². The fourth-order valence-electron chi connectivity index (χ4n) is 1.59. The lowest BCUT2D eigenvalue weighted by atomic mass is 10.1. The first kappa shape index (κ1) is 12.3. The van der Waals surface area contributed by atoms with E-state index in [9.17, 15) is 4.79 Å². The van der Waals surface area contributed by atoms with Crippen LogP contribution >= 0.6 is 22.6 Å². The van der Waals surface area contributed by atoms with Gasteiger partial charge in [0.25, 0.3) is 5.91 Å². The number of alkyl halides is 1. The molecule has 17 heavy (non-hydrogen) atoms. The van der Waals surface area contributed by atoms with Gasteiger partial charge in [0.1, 0.15) is 0 Å². The molecule has 0 atom stereocenters. The van der Waals surface area contributed by atoms with Crippen molar-refractivity contribution in [3.05, 3.63) is 42.1 Å². The lowest BCUT2D eigenvalue weighted by Gasteiger charge is -2.04. The highest BCUT2D eigenvalue weighted by molar-refractivity contribution is 14.1. The molecule has 0 radical (unpaired) electrons. The normalized spacial score (nSPS) is 10.4. The Hall–Kier alpha value is -1.17. The summed E-state index contributed by atoms with van der Waals surface area (Å²) in [6.07, 6.45) is 2.75. The van der Waals surface area contributed by atoms with Gasteiger partial charge in [0, 0.05) is 28.1 Å². The molecule has 2 rings (SSSR count). The largest absolute Gasteiger partial charge is 0.352 e. The monoisotopic (exact) mass is 340 g/mol. The molecule has 0 aliphatic heterocycles. The van der Waals surface area contributed by atoms with Crippen LogP contribution in [0.15, 0.2) is 36.5 Å². The molecule has 0 aliphatic carbocycles. The van der Waals surface area contributed by atoms with Gasteiger partial charge >= 0.3 is 0 Å². The number of fused-ring (bicyclic) bond motifs is 1. The average molecular weight is 340 g/mol. The highest BCUT2D eigenvalue weighted by atomic mass is 127. The van der Waals surface area contributed by atoms with Crippen molar-refractivity contribution in [2.75, 3.05) is 11.0 Å². The second-order valence-electron chi connectivity index (χ2n) is 3.71. The molecule has 1 heterocycles. The molecular formula is C13H13IN2O. The SMILES string of the molecule is O=C(NCCCI)c1ccc2ncccc2c1. The summed E-state index contributed by atoms with van der Waals surface area (Å²) in [5.74, 6) is -0.0133. The summed E-state index contributed by atoms with van der Waals surface area (Å²) in [6, 6.07) is 9.41. The smallest absolute Gasteiger partial charge is 0.251 e. The van der Waals surface area contributed by atoms with Crippen molar-refractivity contribution in [2.24, 2.45) is 0 Å².